The summed E-state index contributed by atoms with van der Waals surface area (Å²) in [5, 5.41) is 12.2. The van der Waals surface area contributed by atoms with Gasteiger partial charge in [-0.1, -0.05) is 49.4 Å². The van der Waals surface area contributed by atoms with Gasteiger partial charge in [-0.05, 0) is 52.9 Å². The number of carbonyl (C=O) groups excluding carboxylic acids is 1. The molecule has 1 N–H and O–H groups in total. The van der Waals surface area contributed by atoms with E-state index in [4.69, 9.17) is 4.74 Å². The van der Waals surface area contributed by atoms with Crippen molar-refractivity contribution in [3.8, 4) is 10.4 Å². The molecule has 3 heterocycles. The third-order valence-corrected chi connectivity index (χ3v) is 8.49. The second-order valence-electron chi connectivity index (χ2n) is 9.76. The molecule has 1 saturated heterocycles. The highest BCUT2D eigenvalue weighted by atomic mass is 32.1. The maximum absolute atomic E-state index is 14.3. The van der Waals surface area contributed by atoms with Gasteiger partial charge in [0.25, 0.3) is 5.91 Å². The summed E-state index contributed by atoms with van der Waals surface area (Å²) >= 11 is 3.16. The van der Waals surface area contributed by atoms with Crippen LogP contribution >= 0.6 is 22.7 Å². The number of anilines is 1. The highest BCUT2D eigenvalue weighted by Crippen LogP contribution is 2.45. The fraction of sp³-hybridized carbons (Fsp3) is 0.321. The molecule has 1 atom stereocenters. The molecule has 37 heavy (non-hydrogen) atoms. The highest BCUT2D eigenvalue weighted by Gasteiger charge is 2.34. The van der Waals surface area contributed by atoms with E-state index in [2.05, 4.69) is 41.5 Å². The summed E-state index contributed by atoms with van der Waals surface area (Å²) in [5.74, 6) is -0.241. The lowest BCUT2D eigenvalue weighted by Crippen LogP contribution is -2.40. The largest absolute Gasteiger partial charge is 0.378 e. The van der Waals surface area contributed by atoms with Gasteiger partial charge in [-0.3, -0.25) is 4.79 Å². The fourth-order valence-electron chi connectivity index (χ4n) is 4.73. The Morgan fingerprint density at radius 1 is 1.14 bits per heavy atom. The van der Waals surface area contributed by atoms with Crippen LogP contribution in [0.2, 0.25) is 0 Å². The third-order valence-electron chi connectivity index (χ3n) is 6.64. The molecule has 1 amide bonds. The van der Waals surface area contributed by atoms with Crippen molar-refractivity contribution in [1.29, 1.82) is 0 Å². The van der Waals surface area contributed by atoms with Gasteiger partial charge in [-0.15, -0.1) is 21.5 Å². The van der Waals surface area contributed by atoms with Gasteiger partial charge in [-0.2, -0.15) is 0 Å². The zero-order chi connectivity index (χ0) is 25.8. The molecule has 2 aromatic carbocycles. The lowest BCUT2D eigenvalue weighted by molar-refractivity contribution is 0.0303. The number of benzene rings is 2. The Labute approximate surface area is 224 Å². The van der Waals surface area contributed by atoms with Crippen LogP contribution in [0, 0.1) is 11.2 Å². The Morgan fingerprint density at radius 3 is 2.62 bits per heavy atom. The van der Waals surface area contributed by atoms with E-state index >= 15 is 0 Å². The molecular formula is C28H29FN4O2S2. The van der Waals surface area contributed by atoms with Gasteiger partial charge in [0.1, 0.15) is 11.3 Å². The van der Waals surface area contributed by atoms with E-state index < -0.39 is 0 Å². The average molecular weight is 537 g/mol. The number of hydrogen-bond acceptors (Lipinski definition) is 7. The Balaban J connectivity index is 1.40. The quantitative estimate of drug-likeness (QED) is 0.293. The third kappa shape index (κ3) is 5.89. The predicted molar refractivity (Wildman–Crippen MR) is 147 cm³/mol. The maximum Gasteiger partial charge on any atom is 0.254 e. The molecule has 192 valence electrons. The first kappa shape index (κ1) is 25.5. The van der Waals surface area contributed by atoms with Gasteiger partial charge in [-0.25, -0.2) is 4.39 Å². The van der Waals surface area contributed by atoms with Crippen molar-refractivity contribution in [2.75, 3.05) is 38.2 Å². The lowest BCUT2D eigenvalue weighted by atomic mass is 9.74. The predicted octanol–water partition coefficient (Wildman–Crippen LogP) is 6.15. The molecule has 0 radical (unpaired) electrons. The molecule has 1 aliphatic rings. The number of halogens is 1. The summed E-state index contributed by atoms with van der Waals surface area (Å²) in [5.41, 5.74) is 4.12. The monoisotopic (exact) mass is 536 g/mol. The van der Waals surface area contributed by atoms with Crippen molar-refractivity contribution < 1.29 is 13.9 Å². The summed E-state index contributed by atoms with van der Waals surface area (Å²) in [6.45, 7) is 7.43. The Morgan fingerprint density at radius 2 is 1.92 bits per heavy atom. The average Bonchev–Trinajstić information content (AvgIpc) is 3.61. The van der Waals surface area contributed by atoms with Gasteiger partial charge in [0.05, 0.1) is 13.2 Å². The van der Waals surface area contributed by atoms with Crippen LogP contribution < -0.4 is 5.32 Å². The number of thiophene rings is 1. The lowest BCUT2D eigenvalue weighted by Gasteiger charge is -2.34. The SMILES string of the molecule is CC(C)(CNc1nncs1)[C@H](c1cccc(F)c1)c1ccc(-c2ccc(C(=O)N3CCOCC3)cc2)s1. The number of amides is 1. The zero-order valence-corrected chi connectivity index (χ0v) is 22.4. The zero-order valence-electron chi connectivity index (χ0n) is 20.8. The summed E-state index contributed by atoms with van der Waals surface area (Å²) < 4.78 is 19.6. The second-order valence-corrected chi connectivity index (χ2v) is 11.7. The minimum Gasteiger partial charge on any atom is -0.378 e. The van der Waals surface area contributed by atoms with E-state index in [1.165, 1.54) is 17.4 Å². The van der Waals surface area contributed by atoms with Crippen LogP contribution in [0.25, 0.3) is 10.4 Å². The van der Waals surface area contributed by atoms with Gasteiger partial charge in [0.15, 0.2) is 0 Å². The van der Waals surface area contributed by atoms with Crippen molar-refractivity contribution >= 4 is 33.7 Å². The Hall–Kier alpha value is -3.14. The molecule has 6 nitrogen and oxygen atoms in total. The van der Waals surface area contributed by atoms with Crippen LogP contribution in [-0.4, -0.2) is 53.9 Å². The van der Waals surface area contributed by atoms with Crippen LogP contribution in [0.5, 0.6) is 0 Å². The van der Waals surface area contributed by atoms with Gasteiger partial charge in [0, 0.05) is 40.9 Å². The van der Waals surface area contributed by atoms with E-state index in [0.29, 0.717) is 38.4 Å². The summed E-state index contributed by atoms with van der Waals surface area (Å²) in [7, 11) is 0. The van der Waals surface area contributed by atoms with E-state index in [0.717, 1.165) is 26.0 Å². The second kappa shape index (κ2) is 11.1. The molecule has 1 aliphatic heterocycles. The summed E-state index contributed by atoms with van der Waals surface area (Å²) in [4.78, 5) is 16.9. The number of ether oxygens (including phenoxy) is 1. The van der Waals surface area contributed by atoms with E-state index in [9.17, 15) is 9.18 Å². The first-order valence-electron chi connectivity index (χ1n) is 12.2. The minimum absolute atomic E-state index is 0.0375. The van der Waals surface area contributed by atoms with Crippen molar-refractivity contribution in [1.82, 2.24) is 15.1 Å². The molecule has 2 aromatic heterocycles. The smallest absolute Gasteiger partial charge is 0.254 e. The van der Waals surface area contributed by atoms with Crippen LogP contribution in [-0.2, 0) is 4.74 Å². The van der Waals surface area contributed by atoms with Gasteiger partial charge >= 0.3 is 0 Å². The van der Waals surface area contributed by atoms with Gasteiger partial charge < -0.3 is 15.0 Å². The first-order chi connectivity index (χ1) is 17.9. The van der Waals surface area contributed by atoms with E-state index in [1.807, 2.05) is 35.2 Å². The molecule has 0 spiro atoms. The molecule has 4 aromatic rings. The number of rotatable bonds is 8. The first-order valence-corrected chi connectivity index (χ1v) is 13.9. The van der Waals surface area contributed by atoms with Crippen molar-refractivity contribution in [2.45, 2.75) is 19.8 Å². The molecule has 1 fully saturated rings. The number of nitrogens with zero attached hydrogens (tertiary/aromatic N) is 3. The van der Waals surface area contributed by atoms with Crippen LogP contribution in [0.1, 0.15) is 40.6 Å². The van der Waals surface area contributed by atoms with Crippen LogP contribution in [0.4, 0.5) is 9.52 Å². The fourth-order valence-corrected chi connectivity index (χ4v) is 6.53. The summed E-state index contributed by atoms with van der Waals surface area (Å²) in [6.07, 6.45) is 0. The molecule has 9 heteroatoms. The number of nitrogens with one attached hydrogen (secondary N) is 1. The normalized spacial score (nSPS) is 14.9. The van der Waals surface area contributed by atoms with Crippen LogP contribution in [0.3, 0.4) is 0 Å². The number of carbonyl (C=O) groups is 1. The van der Waals surface area contributed by atoms with E-state index in [1.54, 1.807) is 29.0 Å². The van der Waals surface area contributed by atoms with Crippen molar-refractivity contribution in [2.24, 2.45) is 5.41 Å². The Kier molecular flexibility index (Phi) is 7.64. The molecular weight excluding hydrogens is 507 g/mol. The standard InChI is InChI=1S/C28H29FN4O2S2/c1-28(2,17-30-27-32-31-18-36-27)25(21-4-3-5-22(29)16-21)24-11-10-23(37-24)19-6-8-20(9-7-19)26(34)33-12-14-35-15-13-33/h3-11,16,18,25H,12-15,17H2,1-2H3,(H,30,32)/t25-/m1/s1. The summed E-state index contributed by atoms with van der Waals surface area (Å²) in [6, 6.07) is 18.9. The molecule has 0 aliphatic carbocycles. The molecule has 0 unspecified atom stereocenters. The highest BCUT2D eigenvalue weighted by molar-refractivity contribution is 7.15. The van der Waals surface area contributed by atoms with Crippen molar-refractivity contribution in [3.05, 3.63) is 88.0 Å². The van der Waals surface area contributed by atoms with E-state index in [-0.39, 0.29) is 23.1 Å². The number of hydrogen-bond donors (Lipinski definition) is 1. The molecule has 5 rings (SSSR count). The van der Waals surface area contributed by atoms with Gasteiger partial charge in [0.2, 0.25) is 5.13 Å². The van der Waals surface area contributed by atoms with Crippen molar-refractivity contribution in [3.63, 3.8) is 0 Å². The topological polar surface area (TPSA) is 67.4 Å². The molecule has 0 saturated carbocycles. The molecule has 0 bridgehead atoms. The minimum atomic E-state index is -0.254. The number of morpholine rings is 1. The maximum atomic E-state index is 14.3. The Bertz CT molecular complexity index is 1330. The van der Waals surface area contributed by atoms with Crippen LogP contribution in [0.15, 0.2) is 66.2 Å². The number of aromatic nitrogens is 2.